The van der Waals surface area contributed by atoms with Crippen LogP contribution >= 0.6 is 0 Å². The molecular weight excluding hydrogens is 282 g/mol. The molecule has 0 saturated carbocycles. The molecule has 2 rings (SSSR count). The van der Waals surface area contributed by atoms with Gasteiger partial charge >= 0.3 is 0 Å². The number of hydrogen-bond donors (Lipinski definition) is 1. The third kappa shape index (κ3) is 4.83. The van der Waals surface area contributed by atoms with Gasteiger partial charge in [0.25, 0.3) is 5.91 Å². The van der Waals surface area contributed by atoms with Gasteiger partial charge in [0, 0.05) is 34.9 Å². The molecule has 0 bridgehead atoms. The lowest BCUT2D eigenvalue weighted by molar-refractivity contribution is 0.0951. The molecule has 110 valence electrons. The molecule has 0 fully saturated rings. The second-order valence-electron chi connectivity index (χ2n) is 5.09. The number of aryl methyl sites for hydroxylation is 1. The van der Waals surface area contributed by atoms with Crippen molar-refractivity contribution in [3.05, 3.63) is 70.8 Å². The summed E-state index contributed by atoms with van der Waals surface area (Å²) in [6.07, 6.45) is 1.66. The zero-order valence-electron chi connectivity index (χ0n) is 12.3. The summed E-state index contributed by atoms with van der Waals surface area (Å²) in [6, 6.07) is 15.3. The van der Waals surface area contributed by atoms with Gasteiger partial charge in [-0.2, -0.15) is 0 Å². The van der Waals surface area contributed by atoms with Crippen molar-refractivity contribution in [3.63, 3.8) is 0 Å². The summed E-state index contributed by atoms with van der Waals surface area (Å²) < 4.78 is 11.2. The minimum absolute atomic E-state index is 0.111. The molecule has 1 N–H and O–H groups in total. The number of hydrogen-bond acceptors (Lipinski definition) is 2. The molecule has 0 radical (unpaired) electrons. The first-order valence-electron chi connectivity index (χ1n) is 6.77. The van der Waals surface area contributed by atoms with Crippen molar-refractivity contribution in [1.82, 2.24) is 5.32 Å². The van der Waals surface area contributed by atoms with E-state index < -0.39 is 10.8 Å². The number of benzene rings is 2. The van der Waals surface area contributed by atoms with E-state index in [4.69, 9.17) is 0 Å². The van der Waals surface area contributed by atoms with Crippen molar-refractivity contribution in [3.8, 4) is 0 Å². The molecule has 0 aliphatic rings. The predicted octanol–water partition coefficient (Wildman–Crippen LogP) is 2.80. The third-order valence-electron chi connectivity index (χ3n) is 3.09. The highest BCUT2D eigenvalue weighted by Gasteiger charge is 2.06. The summed E-state index contributed by atoms with van der Waals surface area (Å²) in [4.78, 5) is 12.2. The van der Waals surface area contributed by atoms with Crippen LogP contribution in [0.25, 0.3) is 0 Å². The van der Waals surface area contributed by atoms with Crippen LogP contribution in [0.3, 0.4) is 0 Å². The average molecular weight is 301 g/mol. The van der Waals surface area contributed by atoms with Crippen molar-refractivity contribution >= 4 is 16.7 Å². The highest BCUT2D eigenvalue weighted by Crippen LogP contribution is 2.08. The lowest BCUT2D eigenvalue weighted by atomic mass is 10.1. The standard InChI is InChI=1S/C17H19NO2S/c1-13-5-3-6-14(9-13)11-18-17(19)16-8-4-7-15(10-16)12-21(2)20/h3-10H,11-12H2,1-2H3,(H,18,19). The van der Waals surface area contributed by atoms with E-state index in [1.54, 1.807) is 18.4 Å². The van der Waals surface area contributed by atoms with Gasteiger partial charge in [-0.15, -0.1) is 0 Å². The molecule has 0 saturated heterocycles. The molecular formula is C17H19NO2S. The van der Waals surface area contributed by atoms with Gasteiger partial charge in [-0.25, -0.2) is 0 Å². The molecule has 0 aliphatic carbocycles. The predicted molar refractivity (Wildman–Crippen MR) is 86.6 cm³/mol. The summed E-state index contributed by atoms with van der Waals surface area (Å²) in [6.45, 7) is 2.53. The summed E-state index contributed by atoms with van der Waals surface area (Å²) >= 11 is 0. The first-order valence-corrected chi connectivity index (χ1v) is 8.50. The highest BCUT2D eigenvalue weighted by atomic mass is 32.2. The van der Waals surface area contributed by atoms with E-state index in [9.17, 15) is 9.00 Å². The Hall–Kier alpha value is -1.94. The molecule has 4 heteroatoms. The van der Waals surface area contributed by atoms with Gasteiger partial charge in [0.1, 0.15) is 0 Å². The second kappa shape index (κ2) is 7.18. The summed E-state index contributed by atoms with van der Waals surface area (Å²) in [7, 11) is -0.906. The van der Waals surface area contributed by atoms with E-state index in [0.717, 1.165) is 11.1 Å². The molecule has 21 heavy (non-hydrogen) atoms. The largest absolute Gasteiger partial charge is 0.348 e. The van der Waals surface area contributed by atoms with E-state index in [1.165, 1.54) is 5.56 Å². The van der Waals surface area contributed by atoms with Crippen LogP contribution in [-0.4, -0.2) is 16.4 Å². The van der Waals surface area contributed by atoms with Gasteiger partial charge < -0.3 is 5.32 Å². The minimum atomic E-state index is -0.906. The third-order valence-corrected chi connectivity index (χ3v) is 3.83. The lowest BCUT2D eigenvalue weighted by Crippen LogP contribution is -2.22. The average Bonchev–Trinajstić information content (AvgIpc) is 2.44. The molecule has 2 aromatic carbocycles. The van der Waals surface area contributed by atoms with Crippen molar-refractivity contribution in [1.29, 1.82) is 0 Å². The number of carbonyl (C=O) groups excluding carboxylic acids is 1. The van der Waals surface area contributed by atoms with Crippen LogP contribution in [0, 0.1) is 6.92 Å². The SMILES string of the molecule is Cc1cccc(CNC(=O)c2cccc(CS(C)=O)c2)c1. The molecule has 2 aromatic rings. The van der Waals surface area contributed by atoms with Crippen LogP contribution in [0.5, 0.6) is 0 Å². The fourth-order valence-electron chi connectivity index (χ4n) is 2.14. The molecule has 0 aliphatic heterocycles. The molecule has 3 nitrogen and oxygen atoms in total. The second-order valence-corrected chi connectivity index (χ2v) is 6.52. The summed E-state index contributed by atoms with van der Waals surface area (Å²) in [5.74, 6) is 0.360. The van der Waals surface area contributed by atoms with Crippen LogP contribution in [0.4, 0.5) is 0 Å². The normalized spacial score (nSPS) is 11.9. The zero-order valence-corrected chi connectivity index (χ0v) is 13.1. The minimum Gasteiger partial charge on any atom is -0.348 e. The van der Waals surface area contributed by atoms with Gasteiger partial charge in [0.15, 0.2) is 0 Å². The Morgan fingerprint density at radius 1 is 1.10 bits per heavy atom. The van der Waals surface area contributed by atoms with Crippen LogP contribution < -0.4 is 5.32 Å². The Morgan fingerprint density at radius 3 is 2.52 bits per heavy atom. The summed E-state index contributed by atoms with van der Waals surface area (Å²) in [5.41, 5.74) is 3.77. The van der Waals surface area contributed by atoms with Crippen LogP contribution in [0.2, 0.25) is 0 Å². The number of carbonyl (C=O) groups is 1. The highest BCUT2D eigenvalue weighted by molar-refractivity contribution is 7.83. The monoisotopic (exact) mass is 301 g/mol. The molecule has 0 spiro atoms. The number of amides is 1. The van der Waals surface area contributed by atoms with Crippen LogP contribution in [-0.2, 0) is 23.1 Å². The van der Waals surface area contributed by atoms with Gasteiger partial charge in [0.2, 0.25) is 0 Å². The number of rotatable bonds is 5. The van der Waals surface area contributed by atoms with Crippen molar-refractivity contribution in [2.45, 2.75) is 19.2 Å². The van der Waals surface area contributed by atoms with Gasteiger partial charge in [-0.05, 0) is 30.2 Å². The maximum absolute atomic E-state index is 12.2. The quantitative estimate of drug-likeness (QED) is 0.923. The van der Waals surface area contributed by atoms with E-state index in [1.807, 2.05) is 37.3 Å². The maximum atomic E-state index is 12.2. The number of nitrogens with one attached hydrogen (secondary N) is 1. The van der Waals surface area contributed by atoms with E-state index in [2.05, 4.69) is 11.4 Å². The Bertz CT molecular complexity index is 667. The first-order chi connectivity index (χ1) is 10.0. The van der Waals surface area contributed by atoms with Crippen LogP contribution in [0.1, 0.15) is 27.0 Å². The van der Waals surface area contributed by atoms with E-state index >= 15 is 0 Å². The van der Waals surface area contributed by atoms with Crippen LogP contribution in [0.15, 0.2) is 48.5 Å². The Morgan fingerprint density at radius 2 is 1.81 bits per heavy atom. The van der Waals surface area contributed by atoms with Crippen molar-refractivity contribution in [2.75, 3.05) is 6.26 Å². The van der Waals surface area contributed by atoms with Gasteiger partial charge in [-0.3, -0.25) is 9.00 Å². The Balaban J connectivity index is 2.01. The molecule has 1 amide bonds. The zero-order chi connectivity index (χ0) is 15.2. The molecule has 1 unspecified atom stereocenters. The topological polar surface area (TPSA) is 46.2 Å². The summed E-state index contributed by atoms with van der Waals surface area (Å²) in [5, 5.41) is 2.91. The smallest absolute Gasteiger partial charge is 0.251 e. The Labute approximate surface area is 127 Å². The van der Waals surface area contributed by atoms with E-state index in [0.29, 0.717) is 17.9 Å². The molecule has 1 atom stereocenters. The molecule has 0 aromatic heterocycles. The first kappa shape index (κ1) is 15.4. The molecule has 0 heterocycles. The lowest BCUT2D eigenvalue weighted by Gasteiger charge is -2.07. The van der Waals surface area contributed by atoms with Gasteiger partial charge in [0.05, 0.1) is 0 Å². The fourth-order valence-corrected chi connectivity index (χ4v) is 2.79. The maximum Gasteiger partial charge on any atom is 0.251 e. The Kier molecular flexibility index (Phi) is 5.28. The van der Waals surface area contributed by atoms with E-state index in [-0.39, 0.29) is 5.91 Å². The fraction of sp³-hybridized carbons (Fsp3) is 0.235. The van der Waals surface area contributed by atoms with Gasteiger partial charge in [-0.1, -0.05) is 42.0 Å². The van der Waals surface area contributed by atoms with Crippen molar-refractivity contribution in [2.24, 2.45) is 0 Å². The van der Waals surface area contributed by atoms with Crippen molar-refractivity contribution < 1.29 is 9.00 Å².